The summed E-state index contributed by atoms with van der Waals surface area (Å²) < 4.78 is 33.3. The minimum atomic E-state index is -0.780. The van der Waals surface area contributed by atoms with Crippen LogP contribution in [0.3, 0.4) is 0 Å². The molecule has 2 aromatic carbocycles. The number of hydrogen-bond acceptors (Lipinski definition) is 2. The van der Waals surface area contributed by atoms with Gasteiger partial charge in [-0.05, 0) is 37.5 Å². The number of amides is 2. The summed E-state index contributed by atoms with van der Waals surface area (Å²) in [5.41, 5.74) is 0.957. The second kappa shape index (κ2) is 11.7. The van der Waals surface area contributed by atoms with Crippen molar-refractivity contribution in [1.82, 2.24) is 4.90 Å². The lowest BCUT2D eigenvalue weighted by molar-refractivity contribution is 0.181. The standard InChI is InChI=1S/C25H32F2N2O2/c1-2-3-4-5-6-9-16-29(25(30)28-22-15-14-19(26)18-21(22)27)23-12-10-17-31-24-13-8-7-11-20(23)24/h7-8,11,13-15,18,23H,2-6,9-10,12,16-17H2,1H3,(H,28,30). The molecule has 0 radical (unpaired) electrons. The number of para-hydroxylation sites is 1. The van der Waals surface area contributed by atoms with Crippen molar-refractivity contribution < 1.29 is 18.3 Å². The Kier molecular flexibility index (Phi) is 8.68. The molecule has 1 atom stereocenters. The van der Waals surface area contributed by atoms with Gasteiger partial charge in [0.1, 0.15) is 17.4 Å². The predicted octanol–water partition coefficient (Wildman–Crippen LogP) is 7.07. The van der Waals surface area contributed by atoms with E-state index in [-0.39, 0.29) is 17.8 Å². The number of fused-ring (bicyclic) bond motifs is 1. The number of urea groups is 1. The Morgan fingerprint density at radius 2 is 1.87 bits per heavy atom. The first-order chi connectivity index (χ1) is 15.1. The van der Waals surface area contributed by atoms with Crippen LogP contribution in [0.25, 0.3) is 0 Å². The lowest BCUT2D eigenvalue weighted by Gasteiger charge is -2.32. The molecule has 168 valence electrons. The van der Waals surface area contributed by atoms with Crippen LogP contribution in [0.4, 0.5) is 19.3 Å². The van der Waals surface area contributed by atoms with Crippen LogP contribution in [0.2, 0.25) is 0 Å². The van der Waals surface area contributed by atoms with Crippen LogP contribution in [0.1, 0.15) is 69.9 Å². The Morgan fingerprint density at radius 3 is 2.68 bits per heavy atom. The van der Waals surface area contributed by atoms with E-state index in [1.165, 1.54) is 25.3 Å². The average molecular weight is 431 g/mol. The molecular weight excluding hydrogens is 398 g/mol. The molecule has 1 unspecified atom stereocenters. The van der Waals surface area contributed by atoms with Gasteiger partial charge in [-0.2, -0.15) is 0 Å². The second-order valence-corrected chi connectivity index (χ2v) is 8.06. The van der Waals surface area contributed by atoms with Crippen LogP contribution >= 0.6 is 0 Å². The fourth-order valence-electron chi connectivity index (χ4n) is 4.06. The molecule has 0 saturated heterocycles. The second-order valence-electron chi connectivity index (χ2n) is 8.06. The van der Waals surface area contributed by atoms with E-state index in [2.05, 4.69) is 12.2 Å². The lowest BCUT2D eigenvalue weighted by atomic mass is 10.00. The molecule has 2 amide bonds. The molecule has 0 aliphatic carbocycles. The highest BCUT2D eigenvalue weighted by Crippen LogP contribution is 2.36. The van der Waals surface area contributed by atoms with Crippen LogP contribution in [0.15, 0.2) is 42.5 Å². The number of nitrogens with one attached hydrogen (secondary N) is 1. The van der Waals surface area contributed by atoms with Crippen molar-refractivity contribution in [1.29, 1.82) is 0 Å². The number of nitrogens with zero attached hydrogens (tertiary/aromatic N) is 1. The molecule has 1 aliphatic rings. The highest BCUT2D eigenvalue weighted by Gasteiger charge is 2.29. The fraction of sp³-hybridized carbons (Fsp3) is 0.480. The third-order valence-electron chi connectivity index (χ3n) is 5.72. The topological polar surface area (TPSA) is 41.6 Å². The number of carbonyl (C=O) groups is 1. The van der Waals surface area contributed by atoms with E-state index in [4.69, 9.17) is 4.74 Å². The quantitative estimate of drug-likeness (QED) is 0.432. The van der Waals surface area contributed by atoms with Crippen molar-refractivity contribution in [3.05, 3.63) is 59.7 Å². The van der Waals surface area contributed by atoms with Gasteiger partial charge in [0, 0.05) is 18.2 Å². The maximum Gasteiger partial charge on any atom is 0.322 e. The zero-order valence-corrected chi connectivity index (χ0v) is 18.2. The zero-order chi connectivity index (χ0) is 22.1. The maximum atomic E-state index is 14.2. The van der Waals surface area contributed by atoms with Crippen LogP contribution in [0.5, 0.6) is 5.75 Å². The van der Waals surface area contributed by atoms with Crippen molar-refractivity contribution >= 4 is 11.7 Å². The predicted molar refractivity (Wildman–Crippen MR) is 119 cm³/mol. The summed E-state index contributed by atoms with van der Waals surface area (Å²) in [6, 6.07) is 10.4. The van der Waals surface area contributed by atoms with Gasteiger partial charge in [-0.25, -0.2) is 13.6 Å². The smallest absolute Gasteiger partial charge is 0.322 e. The molecule has 1 N–H and O–H groups in total. The number of halogens is 2. The van der Waals surface area contributed by atoms with Crippen LogP contribution < -0.4 is 10.1 Å². The van der Waals surface area contributed by atoms with Gasteiger partial charge in [-0.15, -0.1) is 0 Å². The van der Waals surface area contributed by atoms with Gasteiger partial charge < -0.3 is 15.0 Å². The van der Waals surface area contributed by atoms with Gasteiger partial charge in [-0.3, -0.25) is 0 Å². The summed E-state index contributed by atoms with van der Waals surface area (Å²) in [7, 11) is 0. The van der Waals surface area contributed by atoms with Crippen molar-refractivity contribution in [2.24, 2.45) is 0 Å². The molecule has 31 heavy (non-hydrogen) atoms. The molecule has 4 nitrogen and oxygen atoms in total. The van der Waals surface area contributed by atoms with E-state index in [0.717, 1.165) is 55.5 Å². The van der Waals surface area contributed by atoms with E-state index >= 15 is 0 Å². The van der Waals surface area contributed by atoms with Crippen molar-refractivity contribution in [2.75, 3.05) is 18.5 Å². The third kappa shape index (κ3) is 6.42. The summed E-state index contributed by atoms with van der Waals surface area (Å²) >= 11 is 0. The molecule has 1 aliphatic heterocycles. The van der Waals surface area contributed by atoms with E-state index in [1.807, 2.05) is 24.3 Å². The Labute approximate surface area is 183 Å². The van der Waals surface area contributed by atoms with Gasteiger partial charge in [-0.1, -0.05) is 57.2 Å². The number of ether oxygens (including phenoxy) is 1. The first kappa shape index (κ1) is 23.0. The Hall–Kier alpha value is -2.63. The molecule has 1 heterocycles. The number of anilines is 1. The molecule has 6 heteroatoms. The van der Waals surface area contributed by atoms with E-state index in [0.29, 0.717) is 13.2 Å². The normalized spacial score (nSPS) is 15.5. The van der Waals surface area contributed by atoms with Crippen molar-refractivity contribution in [2.45, 2.75) is 64.3 Å². The highest BCUT2D eigenvalue weighted by molar-refractivity contribution is 5.89. The average Bonchev–Trinajstić information content (AvgIpc) is 2.98. The summed E-state index contributed by atoms with van der Waals surface area (Å²) in [6.07, 6.45) is 8.26. The SMILES string of the molecule is CCCCCCCCN(C(=O)Nc1ccc(F)cc1F)C1CCCOc2ccccc21. The number of rotatable bonds is 9. The minimum absolute atomic E-state index is 0.0162. The number of carbonyl (C=O) groups excluding carboxylic acids is 1. The molecule has 2 aromatic rings. The summed E-state index contributed by atoms with van der Waals surface area (Å²) in [5.74, 6) is -0.662. The molecule has 0 fully saturated rings. The molecule has 0 spiro atoms. The summed E-state index contributed by atoms with van der Waals surface area (Å²) in [6.45, 7) is 3.36. The van der Waals surface area contributed by atoms with E-state index in [9.17, 15) is 13.6 Å². The molecular formula is C25H32F2N2O2. The highest BCUT2D eigenvalue weighted by atomic mass is 19.1. The molecule has 0 bridgehead atoms. The maximum absolute atomic E-state index is 14.2. The Balaban J connectivity index is 1.78. The monoisotopic (exact) mass is 430 g/mol. The lowest BCUT2D eigenvalue weighted by Crippen LogP contribution is -2.39. The number of benzene rings is 2. The van der Waals surface area contributed by atoms with Crippen LogP contribution in [-0.4, -0.2) is 24.1 Å². The molecule has 0 saturated carbocycles. The first-order valence-electron chi connectivity index (χ1n) is 11.3. The molecule has 0 aromatic heterocycles. The number of unbranched alkanes of at least 4 members (excludes halogenated alkanes) is 5. The van der Waals surface area contributed by atoms with Crippen LogP contribution in [-0.2, 0) is 0 Å². The van der Waals surface area contributed by atoms with E-state index in [1.54, 1.807) is 4.90 Å². The Bertz CT molecular complexity index is 859. The third-order valence-corrected chi connectivity index (χ3v) is 5.72. The van der Waals surface area contributed by atoms with Gasteiger partial charge in [0.25, 0.3) is 0 Å². The minimum Gasteiger partial charge on any atom is -0.493 e. The van der Waals surface area contributed by atoms with Gasteiger partial charge in [0.05, 0.1) is 18.3 Å². The molecule has 3 rings (SSSR count). The first-order valence-corrected chi connectivity index (χ1v) is 11.3. The zero-order valence-electron chi connectivity index (χ0n) is 18.2. The van der Waals surface area contributed by atoms with Crippen LogP contribution in [0, 0.1) is 11.6 Å². The summed E-state index contributed by atoms with van der Waals surface area (Å²) in [4.78, 5) is 15.0. The Morgan fingerprint density at radius 1 is 1.10 bits per heavy atom. The van der Waals surface area contributed by atoms with Gasteiger partial charge in [0.2, 0.25) is 0 Å². The van der Waals surface area contributed by atoms with E-state index < -0.39 is 11.6 Å². The van der Waals surface area contributed by atoms with Gasteiger partial charge >= 0.3 is 6.03 Å². The fourth-order valence-corrected chi connectivity index (χ4v) is 4.06. The van der Waals surface area contributed by atoms with Crippen molar-refractivity contribution in [3.8, 4) is 5.75 Å². The van der Waals surface area contributed by atoms with Gasteiger partial charge in [0.15, 0.2) is 0 Å². The number of hydrogen-bond donors (Lipinski definition) is 1. The summed E-state index contributed by atoms with van der Waals surface area (Å²) in [5, 5.41) is 2.65. The van der Waals surface area contributed by atoms with Crippen molar-refractivity contribution in [3.63, 3.8) is 0 Å². The largest absolute Gasteiger partial charge is 0.493 e.